The Morgan fingerprint density at radius 2 is 1.74 bits per heavy atom. The molecule has 0 radical (unpaired) electrons. The number of amides is 1. The largest absolute Gasteiger partial charge is 0.379 e. The Kier molecular flexibility index (Phi) is 8.13. The fourth-order valence-electron chi connectivity index (χ4n) is 4.87. The molecule has 1 aromatic heterocycles. The number of thiazole rings is 1. The van der Waals surface area contributed by atoms with Gasteiger partial charge in [-0.25, -0.2) is 13.4 Å². The van der Waals surface area contributed by atoms with E-state index in [1.807, 2.05) is 4.90 Å². The molecule has 3 aromatic rings. The number of morpholine rings is 1. The van der Waals surface area contributed by atoms with Crippen molar-refractivity contribution < 1.29 is 17.9 Å². The van der Waals surface area contributed by atoms with E-state index in [2.05, 4.69) is 42.0 Å². The van der Waals surface area contributed by atoms with Crippen LogP contribution in [-0.4, -0.2) is 67.5 Å². The minimum Gasteiger partial charge on any atom is -0.379 e. The number of benzene rings is 2. The van der Waals surface area contributed by atoms with Crippen LogP contribution in [0.15, 0.2) is 57.7 Å². The van der Waals surface area contributed by atoms with E-state index >= 15 is 0 Å². The SMILES string of the molecule is Cc1ccc(-c2csc(=Nc3ccc(S(=O)(=O)N4CCOCC4)cc3)n2CCCN2CCCC2=O)cc1C. The van der Waals surface area contributed by atoms with E-state index in [9.17, 15) is 13.2 Å². The quantitative estimate of drug-likeness (QED) is 0.420. The van der Waals surface area contributed by atoms with E-state index in [1.165, 1.54) is 15.4 Å². The predicted molar refractivity (Wildman–Crippen MR) is 149 cm³/mol. The highest BCUT2D eigenvalue weighted by Gasteiger charge is 2.26. The molecule has 1 amide bonds. The summed E-state index contributed by atoms with van der Waals surface area (Å²) in [6, 6.07) is 13.3. The van der Waals surface area contributed by atoms with E-state index in [1.54, 1.807) is 35.6 Å². The molecule has 38 heavy (non-hydrogen) atoms. The van der Waals surface area contributed by atoms with Gasteiger partial charge in [0.1, 0.15) is 0 Å². The zero-order chi connectivity index (χ0) is 26.7. The van der Waals surface area contributed by atoms with Crippen molar-refractivity contribution in [3.63, 3.8) is 0 Å². The predicted octanol–water partition coefficient (Wildman–Crippen LogP) is 4.10. The molecule has 0 aliphatic carbocycles. The maximum absolute atomic E-state index is 13.0. The molecule has 2 aliphatic rings. The molecule has 0 unspecified atom stereocenters. The number of nitrogens with zero attached hydrogens (tertiary/aromatic N) is 4. The van der Waals surface area contributed by atoms with E-state index in [0.717, 1.165) is 48.5 Å². The Morgan fingerprint density at radius 3 is 2.42 bits per heavy atom. The molecule has 2 saturated heterocycles. The van der Waals surface area contributed by atoms with Gasteiger partial charge in [0.05, 0.1) is 29.5 Å². The van der Waals surface area contributed by atoms with Crippen molar-refractivity contribution in [3.05, 3.63) is 63.8 Å². The smallest absolute Gasteiger partial charge is 0.243 e. The second-order valence-corrected chi connectivity index (χ2v) is 12.6. The summed E-state index contributed by atoms with van der Waals surface area (Å²) in [6.07, 6.45) is 2.43. The van der Waals surface area contributed by atoms with Crippen LogP contribution < -0.4 is 4.80 Å². The number of aryl methyl sites for hydroxylation is 2. The maximum Gasteiger partial charge on any atom is 0.243 e. The lowest BCUT2D eigenvalue weighted by Crippen LogP contribution is -2.40. The Morgan fingerprint density at radius 1 is 0.974 bits per heavy atom. The fourth-order valence-corrected chi connectivity index (χ4v) is 7.23. The average Bonchev–Trinajstić information content (AvgIpc) is 3.52. The average molecular weight is 555 g/mol. The molecule has 202 valence electrons. The fraction of sp³-hybridized carbons (Fsp3) is 0.429. The highest BCUT2D eigenvalue weighted by molar-refractivity contribution is 7.89. The molecule has 0 bridgehead atoms. The molecule has 0 N–H and O–H groups in total. The lowest BCUT2D eigenvalue weighted by atomic mass is 10.0. The normalized spacial score (nSPS) is 17.5. The first-order valence-corrected chi connectivity index (χ1v) is 15.4. The molecule has 3 heterocycles. The van der Waals surface area contributed by atoms with Gasteiger partial charge < -0.3 is 14.2 Å². The molecule has 2 fully saturated rings. The Labute approximate surface area is 228 Å². The topological polar surface area (TPSA) is 84.2 Å². The molecule has 5 rings (SSSR count). The second kappa shape index (κ2) is 11.5. The van der Waals surface area contributed by atoms with Gasteiger partial charge in [0, 0.05) is 44.5 Å². The molecule has 0 atom stereocenters. The number of ether oxygens (including phenoxy) is 1. The van der Waals surface area contributed by atoms with Crippen LogP contribution in [0.3, 0.4) is 0 Å². The molecule has 2 aromatic carbocycles. The first-order valence-electron chi connectivity index (χ1n) is 13.1. The van der Waals surface area contributed by atoms with Gasteiger partial charge in [-0.05, 0) is 73.7 Å². The third-order valence-electron chi connectivity index (χ3n) is 7.25. The highest BCUT2D eigenvalue weighted by atomic mass is 32.2. The Bertz CT molecular complexity index is 1470. The van der Waals surface area contributed by atoms with E-state index < -0.39 is 10.0 Å². The summed E-state index contributed by atoms with van der Waals surface area (Å²) in [4.78, 5) is 20.0. The van der Waals surface area contributed by atoms with Crippen molar-refractivity contribution in [1.29, 1.82) is 0 Å². The molecule has 2 aliphatic heterocycles. The number of sulfonamides is 1. The third-order valence-corrected chi connectivity index (χ3v) is 10.0. The van der Waals surface area contributed by atoms with Gasteiger partial charge >= 0.3 is 0 Å². The van der Waals surface area contributed by atoms with Gasteiger partial charge in [-0.2, -0.15) is 4.31 Å². The summed E-state index contributed by atoms with van der Waals surface area (Å²) >= 11 is 1.57. The van der Waals surface area contributed by atoms with Crippen molar-refractivity contribution >= 4 is 33.0 Å². The monoisotopic (exact) mass is 554 g/mol. The van der Waals surface area contributed by atoms with Crippen molar-refractivity contribution in [2.45, 2.75) is 44.6 Å². The van der Waals surface area contributed by atoms with Gasteiger partial charge in [0.15, 0.2) is 4.80 Å². The standard InChI is InChI=1S/C28H34N4O4S2/c1-21-6-7-23(19-22(21)2)26-20-37-28(32(26)14-4-13-30-12-3-5-27(30)33)29-24-8-10-25(11-9-24)38(34,35)31-15-17-36-18-16-31/h6-11,19-20H,3-5,12-18H2,1-2H3. The van der Waals surface area contributed by atoms with E-state index in [-0.39, 0.29) is 10.8 Å². The summed E-state index contributed by atoms with van der Waals surface area (Å²) in [5, 5.41) is 2.13. The minimum atomic E-state index is -3.55. The highest BCUT2D eigenvalue weighted by Crippen LogP contribution is 2.25. The first kappa shape index (κ1) is 26.8. The van der Waals surface area contributed by atoms with Crippen LogP contribution in [0.25, 0.3) is 11.3 Å². The third kappa shape index (κ3) is 5.78. The zero-order valence-electron chi connectivity index (χ0n) is 21.9. The number of likely N-dealkylation sites (tertiary alicyclic amines) is 1. The van der Waals surface area contributed by atoms with Crippen molar-refractivity contribution in [3.8, 4) is 11.3 Å². The summed E-state index contributed by atoms with van der Waals surface area (Å²) in [5.74, 6) is 0.242. The number of hydrogen-bond acceptors (Lipinski definition) is 6. The Balaban J connectivity index is 1.43. The van der Waals surface area contributed by atoms with Crippen LogP contribution in [0.1, 0.15) is 30.4 Å². The molecular formula is C28H34N4O4S2. The number of hydrogen-bond donors (Lipinski definition) is 0. The molecule has 8 nitrogen and oxygen atoms in total. The van der Waals surface area contributed by atoms with Crippen LogP contribution >= 0.6 is 11.3 Å². The number of carbonyl (C=O) groups is 1. The molecule has 10 heteroatoms. The lowest BCUT2D eigenvalue weighted by molar-refractivity contribution is -0.127. The van der Waals surface area contributed by atoms with Gasteiger partial charge in [-0.1, -0.05) is 12.1 Å². The van der Waals surface area contributed by atoms with Crippen LogP contribution in [0, 0.1) is 13.8 Å². The molecule has 0 saturated carbocycles. The number of carbonyl (C=O) groups excluding carboxylic acids is 1. The van der Waals surface area contributed by atoms with Gasteiger partial charge in [0.25, 0.3) is 0 Å². The minimum absolute atomic E-state index is 0.242. The van der Waals surface area contributed by atoms with Gasteiger partial charge in [0.2, 0.25) is 15.9 Å². The summed E-state index contributed by atoms with van der Waals surface area (Å²) < 4.78 is 34.9. The van der Waals surface area contributed by atoms with Crippen molar-refractivity contribution in [2.75, 3.05) is 39.4 Å². The molecule has 0 spiro atoms. The van der Waals surface area contributed by atoms with E-state index in [0.29, 0.717) is 38.4 Å². The molecular weight excluding hydrogens is 520 g/mol. The maximum atomic E-state index is 13.0. The van der Waals surface area contributed by atoms with Crippen LogP contribution in [-0.2, 0) is 26.1 Å². The first-order chi connectivity index (χ1) is 18.3. The Hall–Kier alpha value is -2.79. The summed E-state index contributed by atoms with van der Waals surface area (Å²) in [5.41, 5.74) is 5.41. The zero-order valence-corrected chi connectivity index (χ0v) is 23.6. The number of aromatic nitrogens is 1. The van der Waals surface area contributed by atoms with Crippen LogP contribution in [0.5, 0.6) is 0 Å². The second-order valence-electron chi connectivity index (χ2n) is 9.81. The van der Waals surface area contributed by atoms with Crippen molar-refractivity contribution in [1.82, 2.24) is 13.8 Å². The number of rotatable bonds is 8. The van der Waals surface area contributed by atoms with E-state index in [4.69, 9.17) is 9.73 Å². The summed E-state index contributed by atoms with van der Waals surface area (Å²) in [7, 11) is -3.55. The van der Waals surface area contributed by atoms with Crippen molar-refractivity contribution in [2.24, 2.45) is 4.99 Å². The van der Waals surface area contributed by atoms with Gasteiger partial charge in [-0.3, -0.25) is 4.79 Å². The summed E-state index contributed by atoms with van der Waals surface area (Å²) in [6.45, 7) is 8.11. The lowest BCUT2D eigenvalue weighted by Gasteiger charge is -2.26. The van der Waals surface area contributed by atoms with Crippen LogP contribution in [0.4, 0.5) is 5.69 Å². The van der Waals surface area contributed by atoms with Crippen LogP contribution in [0.2, 0.25) is 0 Å². The van der Waals surface area contributed by atoms with Gasteiger partial charge in [-0.15, -0.1) is 11.3 Å².